The number of ether oxygens (including phenoxy) is 6. The number of benzene rings is 1. The number of aliphatic hydroxyl groups excluding tert-OH is 1. The summed E-state index contributed by atoms with van der Waals surface area (Å²) in [6.07, 6.45) is -7.62. The summed E-state index contributed by atoms with van der Waals surface area (Å²) >= 11 is 0. The smallest absolute Gasteiger partial charge is 0.339 e. The molecule has 3 unspecified atom stereocenters. The molecule has 5 atom stereocenters. The van der Waals surface area contributed by atoms with Crippen LogP contribution in [0.4, 0.5) is 0 Å². The summed E-state index contributed by atoms with van der Waals surface area (Å²) in [7, 11) is 1.07. The van der Waals surface area contributed by atoms with Crippen LogP contribution < -0.4 is 4.74 Å². The van der Waals surface area contributed by atoms with Gasteiger partial charge in [-0.25, -0.2) is 4.79 Å². The van der Waals surface area contributed by atoms with Crippen molar-refractivity contribution in [3.8, 4) is 11.5 Å². The monoisotopic (exact) mass is 456 g/mol. The minimum Gasteiger partial charge on any atom is -0.507 e. The Bertz CT molecular complexity index is 866. The van der Waals surface area contributed by atoms with Crippen LogP contribution in [0.2, 0.25) is 0 Å². The zero-order valence-corrected chi connectivity index (χ0v) is 17.8. The first-order chi connectivity index (χ1) is 15.1. The first-order valence-electron chi connectivity index (χ1n) is 9.41. The molecule has 32 heavy (non-hydrogen) atoms. The molecule has 0 aromatic heterocycles. The molecule has 1 heterocycles. The molecule has 0 amide bonds. The van der Waals surface area contributed by atoms with Crippen molar-refractivity contribution in [1.29, 1.82) is 0 Å². The molecule has 1 aliphatic rings. The standard InChI is InChI=1S/C20H24O12/c1-9(22)28-15-16(29-10(2)23)18(30-11(3)24)20(32-17(15)19(26)27-4)31-13-6-5-12(8-21)14(25)7-13/h5-7,15-18,20-21,25H,8H2,1-4H3/t15?,16-,17-,18?,20?/m0/s1. The van der Waals surface area contributed by atoms with Gasteiger partial charge in [0.1, 0.15) is 11.5 Å². The van der Waals surface area contributed by atoms with Crippen LogP contribution >= 0.6 is 0 Å². The SMILES string of the molecule is COC(=O)[C@H]1OC(Oc2ccc(CO)c(O)c2)C(OC(C)=O)[C@@H](OC(C)=O)C1OC(C)=O. The zero-order valence-electron chi connectivity index (χ0n) is 17.8. The number of rotatable bonds is 7. The number of hydrogen-bond donors (Lipinski definition) is 2. The Kier molecular flexibility index (Phi) is 8.38. The summed E-state index contributed by atoms with van der Waals surface area (Å²) < 4.78 is 31.6. The van der Waals surface area contributed by atoms with Gasteiger partial charge in [-0.15, -0.1) is 0 Å². The van der Waals surface area contributed by atoms with Crippen LogP contribution in [0.15, 0.2) is 18.2 Å². The molecule has 1 saturated heterocycles. The van der Waals surface area contributed by atoms with Gasteiger partial charge in [-0.05, 0) is 12.1 Å². The van der Waals surface area contributed by atoms with E-state index in [1.807, 2.05) is 0 Å². The molecule has 176 valence electrons. The largest absolute Gasteiger partial charge is 0.507 e. The Hall–Kier alpha value is -3.38. The van der Waals surface area contributed by atoms with Crippen molar-refractivity contribution in [2.75, 3.05) is 7.11 Å². The average molecular weight is 456 g/mol. The second kappa shape index (κ2) is 10.8. The third kappa shape index (κ3) is 6.08. The molecule has 1 aliphatic heterocycles. The van der Waals surface area contributed by atoms with Crippen molar-refractivity contribution in [2.45, 2.75) is 58.1 Å². The lowest BCUT2D eigenvalue weighted by Gasteiger charge is -2.43. The fourth-order valence-electron chi connectivity index (χ4n) is 3.06. The van der Waals surface area contributed by atoms with Gasteiger partial charge in [0.05, 0.1) is 13.7 Å². The molecule has 12 nitrogen and oxygen atoms in total. The second-order valence-corrected chi connectivity index (χ2v) is 6.74. The number of aromatic hydroxyl groups is 1. The first-order valence-corrected chi connectivity index (χ1v) is 9.41. The van der Waals surface area contributed by atoms with E-state index in [0.29, 0.717) is 0 Å². The van der Waals surface area contributed by atoms with Gasteiger partial charge in [0.15, 0.2) is 18.3 Å². The van der Waals surface area contributed by atoms with Crippen molar-refractivity contribution in [3.05, 3.63) is 23.8 Å². The Labute approximate surface area is 182 Å². The zero-order chi connectivity index (χ0) is 24.0. The lowest BCUT2D eigenvalue weighted by molar-refractivity contribution is -0.282. The summed E-state index contributed by atoms with van der Waals surface area (Å²) in [5, 5.41) is 19.1. The molecule has 2 N–H and O–H groups in total. The van der Waals surface area contributed by atoms with Gasteiger partial charge >= 0.3 is 23.9 Å². The Morgan fingerprint density at radius 3 is 2.00 bits per heavy atom. The normalized spacial score (nSPS) is 24.7. The minimum absolute atomic E-state index is 0.0120. The maximum absolute atomic E-state index is 12.3. The quantitative estimate of drug-likeness (QED) is 0.416. The van der Waals surface area contributed by atoms with Crippen molar-refractivity contribution >= 4 is 23.9 Å². The van der Waals surface area contributed by atoms with Crippen LogP contribution in [0.3, 0.4) is 0 Å². The van der Waals surface area contributed by atoms with Crippen LogP contribution in [-0.4, -0.2) is 71.9 Å². The number of esters is 4. The molecule has 1 aromatic rings. The predicted octanol–water partition coefficient (Wildman–Crippen LogP) is -0.0437. The minimum atomic E-state index is -1.60. The summed E-state index contributed by atoms with van der Waals surface area (Å²) in [6, 6.07) is 3.91. The number of carbonyl (C=O) groups excluding carboxylic acids is 4. The van der Waals surface area contributed by atoms with Crippen LogP contribution in [-0.2, 0) is 49.5 Å². The fourth-order valence-corrected chi connectivity index (χ4v) is 3.06. The van der Waals surface area contributed by atoms with E-state index in [4.69, 9.17) is 28.4 Å². The van der Waals surface area contributed by atoms with Gasteiger partial charge in [-0.2, -0.15) is 0 Å². The lowest BCUT2D eigenvalue weighted by atomic mass is 9.97. The summed E-state index contributed by atoms with van der Waals surface area (Å²) in [5.74, 6) is -3.70. The topological polar surface area (TPSA) is 164 Å². The lowest BCUT2D eigenvalue weighted by Crippen LogP contribution is -2.64. The number of methoxy groups -OCH3 is 1. The number of carbonyl (C=O) groups is 4. The molecule has 1 aromatic carbocycles. The summed E-state index contributed by atoms with van der Waals surface area (Å²) in [5.41, 5.74) is 0.221. The third-order valence-corrected chi connectivity index (χ3v) is 4.31. The van der Waals surface area contributed by atoms with E-state index in [1.165, 1.54) is 12.1 Å². The maximum atomic E-state index is 12.3. The third-order valence-electron chi connectivity index (χ3n) is 4.31. The van der Waals surface area contributed by atoms with Crippen LogP contribution in [0.5, 0.6) is 11.5 Å². The van der Waals surface area contributed by atoms with Crippen molar-refractivity contribution in [2.24, 2.45) is 0 Å². The first kappa shape index (κ1) is 24.9. The Balaban J connectivity index is 2.50. The molecular formula is C20H24O12. The van der Waals surface area contributed by atoms with Crippen LogP contribution in [0.1, 0.15) is 26.3 Å². The number of hydrogen-bond acceptors (Lipinski definition) is 12. The van der Waals surface area contributed by atoms with Gasteiger partial charge in [-0.1, -0.05) is 0 Å². The predicted molar refractivity (Wildman–Crippen MR) is 102 cm³/mol. The van der Waals surface area contributed by atoms with Gasteiger partial charge in [0.25, 0.3) is 0 Å². The van der Waals surface area contributed by atoms with E-state index in [0.717, 1.165) is 33.9 Å². The Morgan fingerprint density at radius 1 is 0.938 bits per heavy atom. The molecular weight excluding hydrogens is 432 g/mol. The highest BCUT2D eigenvalue weighted by Gasteiger charge is 2.55. The fraction of sp³-hybridized carbons (Fsp3) is 0.500. The van der Waals surface area contributed by atoms with Crippen molar-refractivity contribution in [1.82, 2.24) is 0 Å². The van der Waals surface area contributed by atoms with Crippen LogP contribution in [0.25, 0.3) is 0 Å². The number of phenols is 1. The average Bonchev–Trinajstić information content (AvgIpc) is 2.70. The Morgan fingerprint density at radius 2 is 1.50 bits per heavy atom. The summed E-state index contributed by atoms with van der Waals surface area (Å²) in [4.78, 5) is 47.5. The molecule has 0 spiro atoms. The van der Waals surface area contributed by atoms with Gasteiger partial charge in [0.2, 0.25) is 12.4 Å². The van der Waals surface area contributed by atoms with Gasteiger partial charge in [0, 0.05) is 32.4 Å². The maximum Gasteiger partial charge on any atom is 0.339 e. The van der Waals surface area contributed by atoms with E-state index in [9.17, 15) is 29.4 Å². The van der Waals surface area contributed by atoms with Gasteiger partial charge in [-0.3, -0.25) is 14.4 Å². The van der Waals surface area contributed by atoms with E-state index in [2.05, 4.69) is 0 Å². The van der Waals surface area contributed by atoms with E-state index in [-0.39, 0.29) is 17.1 Å². The van der Waals surface area contributed by atoms with E-state index < -0.39 is 61.2 Å². The van der Waals surface area contributed by atoms with Gasteiger partial charge < -0.3 is 38.6 Å². The summed E-state index contributed by atoms with van der Waals surface area (Å²) in [6.45, 7) is 2.79. The molecule has 1 fully saturated rings. The van der Waals surface area contributed by atoms with Crippen molar-refractivity contribution in [3.63, 3.8) is 0 Å². The highest BCUT2D eigenvalue weighted by atomic mass is 16.7. The van der Waals surface area contributed by atoms with E-state index in [1.54, 1.807) is 0 Å². The highest BCUT2D eigenvalue weighted by Crippen LogP contribution is 2.32. The molecule has 0 saturated carbocycles. The van der Waals surface area contributed by atoms with Crippen LogP contribution in [0, 0.1) is 0 Å². The molecule has 12 heteroatoms. The second-order valence-electron chi connectivity index (χ2n) is 6.74. The molecule has 2 rings (SSSR count). The molecule has 0 bridgehead atoms. The molecule has 0 radical (unpaired) electrons. The van der Waals surface area contributed by atoms with Crippen molar-refractivity contribution < 1.29 is 57.8 Å². The molecule has 0 aliphatic carbocycles. The number of aliphatic hydroxyl groups is 1. The van der Waals surface area contributed by atoms with E-state index >= 15 is 0 Å². The highest BCUT2D eigenvalue weighted by molar-refractivity contribution is 5.77.